The van der Waals surface area contributed by atoms with Crippen LogP contribution in [0.4, 0.5) is 15.9 Å². The van der Waals surface area contributed by atoms with Crippen molar-refractivity contribution in [2.45, 2.75) is 57.4 Å². The van der Waals surface area contributed by atoms with Gasteiger partial charge >= 0.3 is 0 Å². The van der Waals surface area contributed by atoms with Gasteiger partial charge in [-0.1, -0.05) is 20.8 Å². The minimum absolute atomic E-state index is 0.0594. The Morgan fingerprint density at radius 1 is 0.939 bits per heavy atom. The highest BCUT2D eigenvalue weighted by atomic mass is 32.2. The van der Waals surface area contributed by atoms with Crippen LogP contribution in [0.2, 0.25) is 0 Å². The topological polar surface area (TPSA) is 93.1 Å². The van der Waals surface area contributed by atoms with Crippen LogP contribution in [0, 0.1) is 5.82 Å². The molecule has 0 fully saturated rings. The molecule has 33 heavy (non-hydrogen) atoms. The molecule has 0 aliphatic rings. The molecule has 176 valence electrons. The summed E-state index contributed by atoms with van der Waals surface area (Å²) in [4.78, 5) is 12.8. The Kier molecular flexibility index (Phi) is 6.39. The Bertz CT molecular complexity index is 1250. The molecule has 2 N–H and O–H groups in total. The number of anilines is 2. The van der Waals surface area contributed by atoms with Crippen LogP contribution >= 0.6 is 0 Å². The van der Waals surface area contributed by atoms with E-state index in [0.29, 0.717) is 11.4 Å². The van der Waals surface area contributed by atoms with Crippen molar-refractivity contribution < 1.29 is 17.6 Å². The van der Waals surface area contributed by atoms with Crippen molar-refractivity contribution in [2.75, 3.05) is 10.0 Å². The fourth-order valence-corrected chi connectivity index (χ4v) is 4.11. The van der Waals surface area contributed by atoms with E-state index in [0.717, 1.165) is 17.8 Å². The summed E-state index contributed by atoms with van der Waals surface area (Å²) in [6.45, 7) is 12.2. The molecule has 0 radical (unpaired) electrons. The fraction of sp³-hybridized carbons (Fsp3) is 0.333. The van der Waals surface area contributed by atoms with Gasteiger partial charge in [0.15, 0.2) is 0 Å². The number of sulfonamides is 1. The molecule has 2 aromatic carbocycles. The molecule has 3 rings (SSSR count). The van der Waals surface area contributed by atoms with Gasteiger partial charge in [-0.2, -0.15) is 5.10 Å². The Hall–Kier alpha value is -3.20. The van der Waals surface area contributed by atoms with E-state index >= 15 is 0 Å². The molecule has 0 saturated carbocycles. The lowest BCUT2D eigenvalue weighted by atomic mass is 9.92. The van der Waals surface area contributed by atoms with Crippen molar-refractivity contribution in [2.24, 2.45) is 0 Å². The van der Waals surface area contributed by atoms with Crippen LogP contribution in [0.1, 0.15) is 57.6 Å². The van der Waals surface area contributed by atoms with Crippen molar-refractivity contribution in [3.05, 3.63) is 71.7 Å². The van der Waals surface area contributed by atoms with Crippen LogP contribution in [-0.2, 0) is 21.0 Å². The zero-order valence-corrected chi connectivity index (χ0v) is 20.4. The molecule has 0 unspecified atom stereocenters. The Labute approximate surface area is 194 Å². The Morgan fingerprint density at radius 2 is 1.52 bits per heavy atom. The van der Waals surface area contributed by atoms with E-state index < -0.39 is 15.8 Å². The van der Waals surface area contributed by atoms with Crippen molar-refractivity contribution in [3.63, 3.8) is 0 Å². The number of rotatable bonds is 5. The number of nitrogens with zero attached hydrogens (tertiary/aromatic N) is 2. The summed E-state index contributed by atoms with van der Waals surface area (Å²) >= 11 is 0. The maximum absolute atomic E-state index is 13.1. The monoisotopic (exact) mass is 472 g/mol. The van der Waals surface area contributed by atoms with Gasteiger partial charge < -0.3 is 5.32 Å². The van der Waals surface area contributed by atoms with Gasteiger partial charge in [0, 0.05) is 22.7 Å². The van der Waals surface area contributed by atoms with E-state index in [1.54, 1.807) is 4.68 Å². The van der Waals surface area contributed by atoms with Gasteiger partial charge in [0.1, 0.15) is 11.6 Å². The number of amides is 1. The van der Waals surface area contributed by atoms with Crippen LogP contribution in [0.25, 0.3) is 0 Å². The second-order valence-corrected chi connectivity index (χ2v) is 11.5. The third-order valence-electron chi connectivity index (χ3n) is 4.88. The van der Waals surface area contributed by atoms with E-state index in [-0.39, 0.29) is 27.4 Å². The van der Waals surface area contributed by atoms with Crippen LogP contribution in [0.3, 0.4) is 0 Å². The number of carbonyl (C=O) groups is 1. The van der Waals surface area contributed by atoms with E-state index in [1.165, 1.54) is 36.4 Å². The largest absolute Gasteiger partial charge is 0.307 e. The number of halogens is 1. The molecular formula is C24H29FN4O3S. The molecule has 1 amide bonds. The van der Waals surface area contributed by atoms with Crippen molar-refractivity contribution in [1.29, 1.82) is 0 Å². The number of hydrogen-bond donors (Lipinski definition) is 2. The predicted molar refractivity (Wildman–Crippen MR) is 128 cm³/mol. The zero-order valence-electron chi connectivity index (χ0n) is 19.6. The number of benzene rings is 2. The molecule has 0 saturated heterocycles. The molecule has 1 heterocycles. The minimum atomic E-state index is -3.87. The number of carbonyl (C=O) groups excluding carboxylic acids is 1. The first-order valence-corrected chi connectivity index (χ1v) is 12.0. The molecular weight excluding hydrogens is 443 g/mol. The normalized spacial score (nSPS) is 12.5. The molecule has 9 heteroatoms. The van der Waals surface area contributed by atoms with Crippen LogP contribution in [0.5, 0.6) is 0 Å². The average Bonchev–Trinajstić information content (AvgIpc) is 3.13. The maximum atomic E-state index is 13.1. The van der Waals surface area contributed by atoms with Gasteiger partial charge in [0.25, 0.3) is 15.9 Å². The highest BCUT2D eigenvalue weighted by Gasteiger charge is 2.26. The first kappa shape index (κ1) is 24.4. The molecule has 0 aliphatic carbocycles. The summed E-state index contributed by atoms with van der Waals surface area (Å²) in [7, 11) is -3.87. The number of hydrogen-bond acceptors (Lipinski definition) is 4. The van der Waals surface area contributed by atoms with E-state index in [1.807, 2.05) is 26.8 Å². The van der Waals surface area contributed by atoms with E-state index in [9.17, 15) is 17.6 Å². The van der Waals surface area contributed by atoms with Crippen molar-refractivity contribution >= 4 is 27.4 Å². The summed E-state index contributed by atoms with van der Waals surface area (Å²) in [6, 6.07) is 12.4. The Balaban J connectivity index is 1.79. The van der Waals surface area contributed by atoms with Crippen molar-refractivity contribution in [1.82, 2.24) is 9.78 Å². The maximum Gasteiger partial charge on any atom is 0.261 e. The SMILES string of the molecule is CC(C)(C)c1cc(NC(=O)c2ccc(NS(=O)(=O)c3ccc(F)cc3)cc2)n(C(C)(C)C)n1. The summed E-state index contributed by atoms with van der Waals surface area (Å²) in [5, 5.41) is 7.60. The second kappa shape index (κ2) is 8.62. The molecule has 7 nitrogen and oxygen atoms in total. The second-order valence-electron chi connectivity index (χ2n) is 9.84. The molecule has 0 aliphatic heterocycles. The summed E-state index contributed by atoms with van der Waals surface area (Å²) in [6.07, 6.45) is 0. The molecule has 1 aromatic heterocycles. The summed E-state index contributed by atoms with van der Waals surface area (Å²) < 4.78 is 42.2. The predicted octanol–water partition coefficient (Wildman–Crippen LogP) is 5.13. The molecule has 3 aromatic rings. The quantitative estimate of drug-likeness (QED) is 0.538. The molecule has 0 bridgehead atoms. The van der Waals surface area contributed by atoms with Crippen LogP contribution in [0.15, 0.2) is 59.5 Å². The third-order valence-corrected chi connectivity index (χ3v) is 6.28. The zero-order chi connectivity index (χ0) is 24.6. The van der Waals surface area contributed by atoms with Gasteiger partial charge in [-0.25, -0.2) is 17.5 Å². The molecule has 0 atom stereocenters. The first-order valence-electron chi connectivity index (χ1n) is 10.5. The number of aromatic nitrogens is 2. The van der Waals surface area contributed by atoms with E-state index in [4.69, 9.17) is 0 Å². The van der Waals surface area contributed by atoms with Crippen molar-refractivity contribution in [3.8, 4) is 0 Å². The fourth-order valence-electron chi connectivity index (χ4n) is 3.05. The van der Waals surface area contributed by atoms with Gasteiger partial charge in [-0.3, -0.25) is 9.52 Å². The van der Waals surface area contributed by atoms with Gasteiger partial charge in [0.2, 0.25) is 0 Å². The highest BCUT2D eigenvalue weighted by molar-refractivity contribution is 7.92. The highest BCUT2D eigenvalue weighted by Crippen LogP contribution is 2.28. The lowest BCUT2D eigenvalue weighted by Crippen LogP contribution is -2.27. The lowest BCUT2D eigenvalue weighted by molar-refractivity contribution is 0.102. The van der Waals surface area contributed by atoms with Gasteiger partial charge in [-0.05, 0) is 69.3 Å². The minimum Gasteiger partial charge on any atom is -0.307 e. The number of nitrogens with one attached hydrogen (secondary N) is 2. The first-order chi connectivity index (χ1) is 15.2. The smallest absolute Gasteiger partial charge is 0.261 e. The third kappa shape index (κ3) is 5.78. The molecule has 0 spiro atoms. The summed E-state index contributed by atoms with van der Waals surface area (Å²) in [5.41, 5.74) is 0.982. The van der Waals surface area contributed by atoms with Crippen LogP contribution < -0.4 is 10.0 Å². The Morgan fingerprint density at radius 3 is 2.03 bits per heavy atom. The average molecular weight is 473 g/mol. The van der Waals surface area contributed by atoms with Gasteiger partial charge in [-0.15, -0.1) is 0 Å². The van der Waals surface area contributed by atoms with Crippen LogP contribution in [-0.4, -0.2) is 24.1 Å². The summed E-state index contributed by atoms with van der Waals surface area (Å²) in [5.74, 6) is -0.279. The van der Waals surface area contributed by atoms with Gasteiger partial charge in [0.05, 0.1) is 16.1 Å². The van der Waals surface area contributed by atoms with E-state index in [2.05, 4.69) is 35.9 Å². The standard InChI is InChI=1S/C24H29FN4O3S/c1-23(2,3)20-15-21(29(27-20)24(4,5)6)26-22(30)16-7-11-18(12-8-16)28-33(31,32)19-13-9-17(25)10-14-19/h7-15,28H,1-6H3,(H,26,30). The lowest BCUT2D eigenvalue weighted by Gasteiger charge is -2.23.